The average Bonchev–Trinajstić information content (AvgIpc) is 3.12. The molecule has 4 heterocycles. The molecule has 124 valence electrons. The molecule has 6 nitrogen and oxygen atoms in total. The molecule has 6 heteroatoms. The molecule has 0 amide bonds. The normalized spacial score (nSPS) is 14.5. The summed E-state index contributed by atoms with van der Waals surface area (Å²) in [6.07, 6.45) is 3.78. The van der Waals surface area contributed by atoms with Gasteiger partial charge in [0.05, 0.1) is 18.4 Å². The van der Waals surface area contributed by atoms with Gasteiger partial charge < -0.3 is 4.90 Å². The molecule has 4 rings (SSSR count). The molecule has 0 N–H and O–H groups in total. The second kappa shape index (κ2) is 5.00. The van der Waals surface area contributed by atoms with E-state index < -0.39 is 0 Å². The van der Waals surface area contributed by atoms with Crippen molar-refractivity contribution < 1.29 is 0 Å². The third-order valence-electron chi connectivity index (χ3n) is 4.61. The van der Waals surface area contributed by atoms with Crippen LogP contribution in [0.4, 0.5) is 5.82 Å². The Morgan fingerprint density at radius 3 is 2.62 bits per heavy atom. The maximum atomic E-state index is 4.82. The molecule has 0 atom stereocenters. The van der Waals surface area contributed by atoms with Gasteiger partial charge in [0.25, 0.3) is 0 Å². The van der Waals surface area contributed by atoms with Gasteiger partial charge in [-0.25, -0.2) is 15.0 Å². The molecule has 3 aromatic rings. The molecule has 24 heavy (non-hydrogen) atoms. The van der Waals surface area contributed by atoms with Crippen LogP contribution in [-0.4, -0.2) is 24.6 Å². The number of anilines is 1. The first-order valence-electron chi connectivity index (χ1n) is 8.26. The van der Waals surface area contributed by atoms with Crippen LogP contribution in [-0.2, 0) is 18.5 Å². The van der Waals surface area contributed by atoms with Gasteiger partial charge in [-0.2, -0.15) is 9.61 Å². The van der Waals surface area contributed by atoms with E-state index in [4.69, 9.17) is 4.98 Å². The smallest absolute Gasteiger partial charge is 0.157 e. The van der Waals surface area contributed by atoms with Gasteiger partial charge in [0.2, 0.25) is 0 Å². The van der Waals surface area contributed by atoms with Crippen molar-refractivity contribution in [3.63, 3.8) is 0 Å². The average molecular weight is 322 g/mol. The van der Waals surface area contributed by atoms with Crippen LogP contribution in [0.1, 0.15) is 49.1 Å². The fourth-order valence-electron chi connectivity index (χ4n) is 3.16. The van der Waals surface area contributed by atoms with Gasteiger partial charge >= 0.3 is 0 Å². The van der Waals surface area contributed by atoms with Gasteiger partial charge in [-0.05, 0) is 13.8 Å². The number of hydrogen-bond donors (Lipinski definition) is 0. The van der Waals surface area contributed by atoms with Crippen molar-refractivity contribution >= 4 is 11.5 Å². The molecule has 0 radical (unpaired) electrons. The maximum absolute atomic E-state index is 4.82. The summed E-state index contributed by atoms with van der Waals surface area (Å²) in [4.78, 5) is 16.3. The van der Waals surface area contributed by atoms with Crippen molar-refractivity contribution in [2.24, 2.45) is 0 Å². The summed E-state index contributed by atoms with van der Waals surface area (Å²) in [5, 5.41) is 4.46. The number of hydrogen-bond acceptors (Lipinski definition) is 5. The van der Waals surface area contributed by atoms with Crippen LogP contribution >= 0.6 is 0 Å². The summed E-state index contributed by atoms with van der Waals surface area (Å²) in [5.74, 6) is 1.99. The Bertz CT molecular complexity index is 935. The van der Waals surface area contributed by atoms with Gasteiger partial charge in [0.1, 0.15) is 11.6 Å². The molecule has 0 bridgehead atoms. The first kappa shape index (κ1) is 15.1. The molecule has 0 aromatic carbocycles. The number of nitrogens with zero attached hydrogens (tertiary/aromatic N) is 6. The molecular formula is C18H22N6. The molecule has 1 aliphatic heterocycles. The molecule has 1 aliphatic rings. The molecule has 0 unspecified atom stereocenters. The predicted octanol–water partition coefficient (Wildman–Crippen LogP) is 2.95. The minimum absolute atomic E-state index is 0.0408. The quantitative estimate of drug-likeness (QED) is 0.689. The Kier molecular flexibility index (Phi) is 3.13. The zero-order chi connectivity index (χ0) is 17.1. The van der Waals surface area contributed by atoms with Crippen LogP contribution in [0.15, 0.2) is 18.5 Å². The Morgan fingerprint density at radius 1 is 1.08 bits per heavy atom. The van der Waals surface area contributed by atoms with E-state index in [1.54, 1.807) is 6.20 Å². The van der Waals surface area contributed by atoms with Gasteiger partial charge in [-0.1, -0.05) is 20.8 Å². The number of rotatable bonds is 1. The van der Waals surface area contributed by atoms with E-state index in [0.29, 0.717) is 0 Å². The lowest BCUT2D eigenvalue weighted by atomic mass is 9.95. The first-order valence-corrected chi connectivity index (χ1v) is 8.26. The van der Waals surface area contributed by atoms with Crippen LogP contribution in [0.3, 0.4) is 0 Å². The summed E-state index contributed by atoms with van der Waals surface area (Å²) < 4.78 is 1.92. The standard InChI is InChI=1S/C18H22N6/c1-11-12(2)21-15-6-7-20-24(15)16(11)23-9-13-8-19-17(18(3,4)5)22-14(13)10-23/h6-8H,9-10H2,1-5H3. The Hall–Kier alpha value is -2.50. The lowest BCUT2D eigenvalue weighted by Crippen LogP contribution is -2.21. The van der Waals surface area contributed by atoms with E-state index in [9.17, 15) is 0 Å². The second-order valence-electron chi connectivity index (χ2n) is 7.52. The van der Waals surface area contributed by atoms with Gasteiger partial charge in [0, 0.05) is 41.0 Å². The molecule has 0 saturated carbocycles. The monoisotopic (exact) mass is 322 g/mol. The lowest BCUT2D eigenvalue weighted by molar-refractivity contribution is 0.541. The fraction of sp³-hybridized carbons (Fsp3) is 0.444. The van der Waals surface area contributed by atoms with E-state index in [1.165, 1.54) is 5.56 Å². The molecule has 0 saturated heterocycles. The van der Waals surface area contributed by atoms with Gasteiger partial charge in [-0.15, -0.1) is 0 Å². The van der Waals surface area contributed by atoms with E-state index in [2.05, 4.69) is 47.7 Å². The molecule has 0 fully saturated rings. The zero-order valence-corrected chi connectivity index (χ0v) is 14.8. The highest BCUT2D eigenvalue weighted by Gasteiger charge is 2.27. The summed E-state index contributed by atoms with van der Waals surface area (Å²) >= 11 is 0. The summed E-state index contributed by atoms with van der Waals surface area (Å²) in [5.41, 5.74) is 5.34. The Morgan fingerprint density at radius 2 is 1.88 bits per heavy atom. The number of aromatic nitrogens is 5. The largest absolute Gasteiger partial charge is 0.346 e. The third kappa shape index (κ3) is 2.25. The van der Waals surface area contributed by atoms with E-state index in [1.807, 2.05) is 23.7 Å². The highest BCUT2D eigenvalue weighted by molar-refractivity contribution is 5.58. The zero-order valence-electron chi connectivity index (χ0n) is 14.8. The Balaban J connectivity index is 1.78. The van der Waals surface area contributed by atoms with E-state index in [0.717, 1.165) is 47.3 Å². The van der Waals surface area contributed by atoms with Crippen molar-refractivity contribution in [2.75, 3.05) is 4.90 Å². The highest BCUT2D eigenvalue weighted by Crippen LogP contribution is 2.31. The fourth-order valence-corrected chi connectivity index (χ4v) is 3.16. The van der Waals surface area contributed by atoms with Crippen molar-refractivity contribution in [1.29, 1.82) is 0 Å². The molecule has 3 aromatic heterocycles. The van der Waals surface area contributed by atoms with Crippen molar-refractivity contribution in [1.82, 2.24) is 24.6 Å². The van der Waals surface area contributed by atoms with Gasteiger partial charge in [0.15, 0.2) is 5.65 Å². The minimum atomic E-state index is -0.0408. The molecular weight excluding hydrogens is 300 g/mol. The number of fused-ring (bicyclic) bond motifs is 2. The van der Waals surface area contributed by atoms with Crippen LogP contribution in [0.2, 0.25) is 0 Å². The topological polar surface area (TPSA) is 59.2 Å². The van der Waals surface area contributed by atoms with Gasteiger partial charge in [-0.3, -0.25) is 0 Å². The van der Waals surface area contributed by atoms with Crippen LogP contribution in [0, 0.1) is 13.8 Å². The lowest BCUT2D eigenvalue weighted by Gasteiger charge is -2.21. The maximum Gasteiger partial charge on any atom is 0.157 e. The second-order valence-corrected chi connectivity index (χ2v) is 7.52. The van der Waals surface area contributed by atoms with Crippen molar-refractivity contribution in [3.05, 3.63) is 46.8 Å². The molecule has 0 aliphatic carbocycles. The van der Waals surface area contributed by atoms with Crippen LogP contribution in [0.5, 0.6) is 0 Å². The Labute approximate surface area is 141 Å². The molecule has 0 spiro atoms. The SMILES string of the molecule is Cc1nc2ccnn2c(N2Cc3cnc(C(C)(C)C)nc3C2)c1C. The van der Waals surface area contributed by atoms with Crippen molar-refractivity contribution in [2.45, 2.75) is 53.1 Å². The summed E-state index contributed by atoms with van der Waals surface area (Å²) in [7, 11) is 0. The van der Waals surface area contributed by atoms with E-state index >= 15 is 0 Å². The van der Waals surface area contributed by atoms with Crippen LogP contribution < -0.4 is 4.90 Å². The summed E-state index contributed by atoms with van der Waals surface area (Å²) in [6, 6.07) is 1.94. The third-order valence-corrected chi connectivity index (χ3v) is 4.61. The predicted molar refractivity (Wildman–Crippen MR) is 93.1 cm³/mol. The van der Waals surface area contributed by atoms with Crippen molar-refractivity contribution in [3.8, 4) is 0 Å². The first-order chi connectivity index (χ1) is 11.3. The summed E-state index contributed by atoms with van der Waals surface area (Å²) in [6.45, 7) is 12.2. The highest BCUT2D eigenvalue weighted by atomic mass is 15.4. The number of aryl methyl sites for hydroxylation is 1. The minimum Gasteiger partial charge on any atom is -0.346 e. The van der Waals surface area contributed by atoms with Crippen LogP contribution in [0.25, 0.3) is 5.65 Å². The van der Waals surface area contributed by atoms with E-state index in [-0.39, 0.29) is 5.41 Å².